The third kappa shape index (κ3) is 12.0. The van der Waals surface area contributed by atoms with Crippen molar-refractivity contribution in [3.05, 3.63) is 81.7 Å². The zero-order valence-corrected chi connectivity index (χ0v) is 29.1. The Labute approximate surface area is 284 Å². The second kappa shape index (κ2) is 19.8. The van der Waals surface area contributed by atoms with E-state index in [1.54, 1.807) is 23.4 Å². The molecule has 0 amide bonds. The molecule has 0 spiro atoms. The average Bonchev–Trinajstić information content (AvgIpc) is 3.49. The number of carbonyl (C=O) groups excluding carboxylic acids is 2. The molecule has 3 heterocycles. The second-order valence-electron chi connectivity index (χ2n) is 8.41. The Morgan fingerprint density at radius 3 is 2.46 bits per heavy atom. The fraction of sp³-hybridized carbons (Fsp3) is 0.355. The summed E-state index contributed by atoms with van der Waals surface area (Å²) in [5.74, 6) is 0.445. The minimum atomic E-state index is -0.622. The summed E-state index contributed by atoms with van der Waals surface area (Å²) in [6.07, 6.45) is 7.05. The van der Waals surface area contributed by atoms with Gasteiger partial charge in [-0.25, -0.2) is 18.3 Å². The number of nitrogens with zero attached hydrogens (tertiary/aromatic N) is 1. The number of allylic oxidation sites excluding steroid dienone is 2. The van der Waals surface area contributed by atoms with Crippen LogP contribution >= 0.6 is 23.1 Å². The van der Waals surface area contributed by atoms with Gasteiger partial charge in [-0.15, -0.1) is 11.1 Å². The molecule has 2 unspecified atom stereocenters. The van der Waals surface area contributed by atoms with Crippen LogP contribution in [-0.4, -0.2) is 29.1 Å². The number of aliphatic hydroxyl groups is 1. The fourth-order valence-electron chi connectivity index (χ4n) is 3.46. The van der Waals surface area contributed by atoms with E-state index in [-0.39, 0.29) is 62.7 Å². The van der Waals surface area contributed by atoms with E-state index in [1.165, 1.54) is 18.9 Å². The number of aryl methyl sites for hydroxylation is 1. The predicted molar refractivity (Wildman–Crippen MR) is 164 cm³/mol. The molecule has 0 aliphatic carbocycles. The first-order valence-electron chi connectivity index (χ1n) is 12.6. The number of aliphatic hydroxyl groups excluding tert-OH is 1. The molecule has 206 valence electrons. The van der Waals surface area contributed by atoms with Gasteiger partial charge < -0.3 is 24.1 Å². The Balaban J connectivity index is 0.000000686. The maximum atomic E-state index is 10.9. The van der Waals surface area contributed by atoms with Crippen molar-refractivity contribution in [3.8, 4) is 0 Å². The van der Waals surface area contributed by atoms with Crippen LogP contribution in [0.15, 0.2) is 61.7 Å². The molecule has 0 saturated heterocycles. The maximum absolute atomic E-state index is 10.9. The molecule has 2 atom stereocenters. The van der Waals surface area contributed by atoms with E-state index in [9.17, 15) is 14.7 Å². The van der Waals surface area contributed by atoms with Crippen molar-refractivity contribution in [2.24, 2.45) is 4.99 Å². The van der Waals surface area contributed by atoms with Gasteiger partial charge in [-0.1, -0.05) is 62.8 Å². The van der Waals surface area contributed by atoms with E-state index in [2.05, 4.69) is 51.8 Å². The van der Waals surface area contributed by atoms with E-state index in [0.29, 0.717) is 28.0 Å². The number of fused-ring (bicyclic) bond motifs is 1. The van der Waals surface area contributed by atoms with E-state index >= 15 is 0 Å². The Hall–Kier alpha value is -1.23. The van der Waals surface area contributed by atoms with Gasteiger partial charge in [0.05, 0.1) is 6.29 Å². The summed E-state index contributed by atoms with van der Waals surface area (Å²) < 4.78 is 5.76. The number of aliphatic imine (C=N–C) groups is 1. The number of rotatable bonds is 6. The second-order valence-corrected chi connectivity index (χ2v) is 10.8. The number of ketones is 1. The van der Waals surface area contributed by atoms with Crippen molar-refractivity contribution in [1.29, 1.82) is 0 Å². The molecule has 3 aromatic rings. The van der Waals surface area contributed by atoms with Crippen molar-refractivity contribution in [2.75, 3.05) is 0 Å². The Morgan fingerprint density at radius 2 is 1.92 bits per heavy atom. The van der Waals surface area contributed by atoms with Crippen molar-refractivity contribution >= 4 is 57.9 Å². The molecule has 0 fully saturated rings. The van der Waals surface area contributed by atoms with Crippen molar-refractivity contribution < 1.29 is 70.5 Å². The van der Waals surface area contributed by atoms with Crippen LogP contribution in [0.25, 0.3) is 11.0 Å². The number of thioether (sulfide) groups is 1. The van der Waals surface area contributed by atoms with Crippen LogP contribution in [0.5, 0.6) is 0 Å². The van der Waals surface area contributed by atoms with Gasteiger partial charge >= 0.3 is 51.4 Å². The standard InChI is InChI=1S/C18H19O2S.C8H5NO2S.C3H8.C2H6.K/c1-11-4-5-17-15(6-11)10-18(20-17)16(19)9-14-7-12(2)21-13(3)8-14;1-5(11)7-4-12-8(9-2)6(7)3-10;1-3-2;1-2;/h4-8,10,13,16,19H,2,9H2,1,3H3;2,4H,1H3;3H2,1-2H3;1-2H3;/q-1;-2;;;+1. The predicted octanol–water partition coefficient (Wildman–Crippen LogP) is 6.01. The molecule has 0 bridgehead atoms. The molecule has 1 aliphatic rings. The largest absolute Gasteiger partial charge is 1.00 e. The Kier molecular flexibility index (Phi) is 19.2. The molecule has 39 heavy (non-hydrogen) atoms. The molecule has 1 aliphatic heterocycles. The Morgan fingerprint density at radius 1 is 1.28 bits per heavy atom. The van der Waals surface area contributed by atoms with Gasteiger partial charge in [0.2, 0.25) is 0 Å². The Bertz CT molecular complexity index is 1270. The first kappa shape index (κ1) is 37.8. The molecule has 5 nitrogen and oxygen atoms in total. The van der Waals surface area contributed by atoms with Crippen molar-refractivity contribution in [1.82, 2.24) is 0 Å². The summed E-state index contributed by atoms with van der Waals surface area (Å²) in [6.45, 7) is 22.8. The first-order chi connectivity index (χ1) is 18.1. The van der Waals surface area contributed by atoms with Crippen LogP contribution in [0.1, 0.15) is 87.7 Å². The summed E-state index contributed by atoms with van der Waals surface area (Å²) >= 11 is 2.90. The van der Waals surface area contributed by atoms with Crippen LogP contribution in [0.4, 0.5) is 5.00 Å². The van der Waals surface area contributed by atoms with E-state index in [1.807, 2.05) is 38.1 Å². The van der Waals surface area contributed by atoms with Crippen LogP contribution in [0, 0.1) is 13.8 Å². The van der Waals surface area contributed by atoms with Crippen LogP contribution in [-0.2, 0) is 4.79 Å². The van der Waals surface area contributed by atoms with Crippen LogP contribution < -0.4 is 51.4 Å². The van der Waals surface area contributed by atoms with Gasteiger partial charge in [0.25, 0.3) is 0 Å². The zero-order chi connectivity index (χ0) is 28.8. The minimum absolute atomic E-state index is 0. The van der Waals surface area contributed by atoms with Gasteiger partial charge in [0.1, 0.15) is 23.2 Å². The number of furan rings is 1. The van der Waals surface area contributed by atoms with Crippen LogP contribution in [0.3, 0.4) is 0 Å². The fourth-order valence-corrected chi connectivity index (χ4v) is 5.25. The first-order valence-corrected chi connectivity index (χ1v) is 14.4. The van der Waals surface area contributed by atoms with Crippen molar-refractivity contribution in [3.63, 3.8) is 0 Å². The minimum Gasteiger partial charge on any atom is -0.458 e. The molecular weight excluding hydrogens is 554 g/mol. The summed E-state index contributed by atoms with van der Waals surface area (Å²) in [5, 5.41) is 13.8. The quantitative estimate of drug-likeness (QED) is 0.164. The van der Waals surface area contributed by atoms with Crippen molar-refractivity contribution in [2.45, 2.75) is 72.7 Å². The third-order valence-electron chi connectivity index (χ3n) is 4.95. The van der Waals surface area contributed by atoms with Gasteiger partial charge in [-0.3, -0.25) is 0 Å². The topological polar surface area (TPSA) is 79.9 Å². The van der Waals surface area contributed by atoms with E-state index in [4.69, 9.17) is 11.1 Å². The number of thiophene rings is 1. The molecule has 1 aromatic carbocycles. The number of benzene rings is 1. The van der Waals surface area contributed by atoms with Gasteiger partial charge in [-0.05, 0) is 50.4 Å². The van der Waals surface area contributed by atoms with Gasteiger partial charge in [0, 0.05) is 10.6 Å². The number of hydrogen-bond donors (Lipinski definition) is 1. The summed E-state index contributed by atoms with van der Waals surface area (Å²) in [6, 6.07) is 7.97. The number of Topliss-reactive ketones (excluding diaryl/α,β-unsaturated/α-hetero) is 1. The molecule has 4 rings (SSSR count). The normalized spacial score (nSPS) is 14.4. The average molecular weight is 592 g/mol. The van der Waals surface area contributed by atoms with Gasteiger partial charge in [0.15, 0.2) is 0 Å². The van der Waals surface area contributed by atoms with Gasteiger partial charge in [-0.2, -0.15) is 29.5 Å². The molecular formula is C31H38KNO4S2-2. The summed E-state index contributed by atoms with van der Waals surface area (Å²) in [4.78, 5) is 25.7. The molecule has 2 aromatic heterocycles. The smallest absolute Gasteiger partial charge is 0.458 e. The zero-order valence-electron chi connectivity index (χ0n) is 24.3. The molecule has 0 radical (unpaired) electrons. The molecule has 8 heteroatoms. The maximum Gasteiger partial charge on any atom is 1.00 e. The van der Waals surface area contributed by atoms with E-state index < -0.39 is 6.10 Å². The molecule has 1 N–H and O–H groups in total. The number of carbonyl (C=O) groups is 1. The monoisotopic (exact) mass is 591 g/mol. The summed E-state index contributed by atoms with van der Waals surface area (Å²) in [5.41, 5.74) is 3.63. The number of hydrogen-bond acceptors (Lipinski definition) is 7. The SMILES string of the molecule is CC.CCC.[CH-]=Nc1scc(C(C)=O)c1[C-]=O.[CH2-]C1=CC(CC(O)c2cc3cc(C)ccc3o2)=CC(C)S1.[K+]. The van der Waals surface area contributed by atoms with E-state index in [0.717, 1.165) is 32.8 Å². The van der Waals surface area contributed by atoms with Crippen LogP contribution in [0.2, 0.25) is 0 Å². The summed E-state index contributed by atoms with van der Waals surface area (Å²) in [7, 11) is 0. The third-order valence-corrected chi connectivity index (χ3v) is 6.77. The molecule has 0 saturated carbocycles.